The number of hydrogen-bond donors (Lipinski definition) is 7. The number of esters is 1. The molecule has 4 fully saturated rings. The fraction of sp³-hybridized carbons (Fsp3) is 0.544. The van der Waals surface area contributed by atoms with Crippen molar-refractivity contribution in [1.82, 2.24) is 45.9 Å². The molecule has 1 saturated carbocycles. The number of rotatable bonds is 20. The molecule has 5 heterocycles. The fourth-order valence-corrected chi connectivity index (χ4v) is 11.6. The number of nitrogens with two attached hydrogens (primary N) is 1. The van der Waals surface area contributed by atoms with E-state index in [2.05, 4.69) is 36.0 Å². The largest absolute Gasteiger partial charge is 0.478 e. The Kier molecular flexibility index (Phi) is 18.6. The number of ether oxygens (including phenoxy) is 1. The highest BCUT2D eigenvalue weighted by Gasteiger charge is 2.52. The smallest absolute Gasteiger partial charge is 0.338 e. The van der Waals surface area contributed by atoms with Crippen LogP contribution in [0.5, 0.6) is 0 Å². The van der Waals surface area contributed by atoms with E-state index < -0.39 is 130 Å². The van der Waals surface area contributed by atoms with E-state index in [1.54, 1.807) is 40.8 Å². The minimum atomic E-state index is -1.51. The van der Waals surface area contributed by atoms with E-state index in [1.807, 2.05) is 24.3 Å². The Hall–Kier alpha value is -7.98. The zero-order chi connectivity index (χ0) is 58.3. The van der Waals surface area contributed by atoms with Crippen molar-refractivity contribution in [2.45, 2.75) is 159 Å². The van der Waals surface area contributed by atoms with Crippen LogP contribution >= 0.6 is 0 Å². The summed E-state index contributed by atoms with van der Waals surface area (Å²) in [5.74, 6) is -8.68. The molecule has 430 valence electrons. The first-order valence-electron chi connectivity index (χ1n) is 27.3. The van der Waals surface area contributed by atoms with Crippen LogP contribution in [0.2, 0.25) is 0 Å². The number of nitrogens with zero attached hydrogens (tertiary/aromatic N) is 4. The molecule has 1 aliphatic carbocycles. The van der Waals surface area contributed by atoms with Gasteiger partial charge in [-0.15, -0.1) is 0 Å². The zero-order valence-corrected chi connectivity index (χ0v) is 46.3. The summed E-state index contributed by atoms with van der Waals surface area (Å²) in [5.41, 5.74) is 2.82. The molecule has 7 atom stereocenters. The van der Waals surface area contributed by atoms with Gasteiger partial charge >= 0.3 is 11.9 Å². The number of nitrogens with one attached hydrogen (secondary N) is 5. The number of carbonyl (C=O) groups excluding carboxylic acids is 10. The van der Waals surface area contributed by atoms with Crippen molar-refractivity contribution in [1.29, 1.82) is 0 Å². The summed E-state index contributed by atoms with van der Waals surface area (Å²) in [5, 5.41) is 21.8. The molecule has 3 aromatic rings. The van der Waals surface area contributed by atoms with Gasteiger partial charge in [-0.2, -0.15) is 0 Å². The van der Waals surface area contributed by atoms with Crippen LogP contribution in [0.25, 0.3) is 10.9 Å². The first kappa shape index (κ1) is 59.7. The van der Waals surface area contributed by atoms with Gasteiger partial charge < -0.3 is 56.5 Å². The molecule has 7 rings (SSSR count). The zero-order valence-electron chi connectivity index (χ0n) is 46.3. The van der Waals surface area contributed by atoms with Gasteiger partial charge in [0.05, 0.1) is 24.8 Å². The van der Waals surface area contributed by atoms with Crippen LogP contribution in [0.4, 0.5) is 0 Å². The predicted molar refractivity (Wildman–Crippen MR) is 290 cm³/mol. The van der Waals surface area contributed by atoms with Crippen LogP contribution in [0.15, 0.2) is 61.1 Å². The van der Waals surface area contributed by atoms with Crippen LogP contribution in [0, 0.1) is 11.3 Å². The number of para-hydroxylation sites is 1. The Bertz CT molecular complexity index is 2940. The van der Waals surface area contributed by atoms with Crippen LogP contribution < -0.4 is 27.0 Å². The Morgan fingerprint density at radius 1 is 0.850 bits per heavy atom. The molecule has 0 bridgehead atoms. The summed E-state index contributed by atoms with van der Waals surface area (Å²) in [4.78, 5) is 163. The van der Waals surface area contributed by atoms with Crippen molar-refractivity contribution >= 4 is 75.9 Å². The Morgan fingerprint density at radius 3 is 2.19 bits per heavy atom. The number of fused-ring (bicyclic) bond motifs is 1. The second-order valence-corrected chi connectivity index (χ2v) is 22.9. The number of methoxy groups -OCH3 is 1. The number of allylic oxidation sites excluding steroid dienone is 1. The first-order valence-corrected chi connectivity index (χ1v) is 27.3. The highest BCUT2D eigenvalue weighted by molar-refractivity contribution is 6.07. The van der Waals surface area contributed by atoms with Crippen LogP contribution in [-0.4, -0.2) is 163 Å². The number of H-pyrrole nitrogens is 1. The minimum absolute atomic E-state index is 0.0391. The normalized spacial score (nSPS) is 22.1. The van der Waals surface area contributed by atoms with Crippen molar-refractivity contribution in [2.24, 2.45) is 17.1 Å². The maximum absolute atomic E-state index is 15.3. The molecule has 2 aromatic heterocycles. The molecule has 0 spiro atoms. The average molecular weight is 1110 g/mol. The maximum atomic E-state index is 15.3. The maximum Gasteiger partial charge on any atom is 0.338 e. The molecule has 3 aliphatic heterocycles. The molecular weight excluding hydrogens is 1030 g/mol. The summed E-state index contributed by atoms with van der Waals surface area (Å²) in [6.45, 7) is 8.08. The third-order valence-corrected chi connectivity index (χ3v) is 16.3. The Labute approximate surface area is 463 Å². The van der Waals surface area contributed by atoms with E-state index in [9.17, 15) is 53.1 Å². The molecular formula is C57H74N10O13. The minimum Gasteiger partial charge on any atom is -0.478 e. The number of aromatic amines is 1. The number of benzene rings is 1. The number of ketones is 1. The van der Waals surface area contributed by atoms with Gasteiger partial charge in [-0.25, -0.2) is 9.59 Å². The number of primary amides is 1. The number of aromatic nitrogens is 2. The number of amides is 8. The van der Waals surface area contributed by atoms with Gasteiger partial charge in [0.25, 0.3) is 5.91 Å². The average Bonchev–Trinajstić information content (AvgIpc) is 4.36. The van der Waals surface area contributed by atoms with Gasteiger partial charge in [-0.3, -0.25) is 48.1 Å². The molecule has 3 saturated heterocycles. The van der Waals surface area contributed by atoms with E-state index in [-0.39, 0.29) is 50.3 Å². The van der Waals surface area contributed by atoms with Crippen molar-refractivity contribution in [3.8, 4) is 0 Å². The second kappa shape index (κ2) is 25.0. The molecule has 0 unspecified atom stereocenters. The number of carbonyl (C=O) groups is 11. The monoisotopic (exact) mass is 1110 g/mol. The summed E-state index contributed by atoms with van der Waals surface area (Å²) < 4.78 is 4.64. The Balaban J connectivity index is 1.12. The standard InChI is InChI=1S/C57H74N10O13/c1-55(2,3)45(64-47(71)40(20-12-13-21-43(69)80-6)61-46(70)37-22-25-59-31-38(37)52(76)77)51(75)65-32-35(68)29-42(65)48(72)63-44(33-16-8-7-9-17-33)50(74)67-27-15-24-57(67,5)54(79)62-41(28-34-30-60-39-19-11-10-18-36(34)39)49(73)66-26-14-23-56(66,4)53(58)78/h10-11,13,18-19,21-22,25,30-31,33,40-42,44-45,60H,7-9,12,14-17,20,23-24,26-29,32H2,1-6H3,(H2,58,78)(H,61,70)(H,62,79)(H,63,72)(H,64,71)(H,76,77)/b21-13+/t40-,41-,42-,44-,45+,56-,57-/m0/s1. The highest BCUT2D eigenvalue weighted by atomic mass is 16.5. The highest BCUT2D eigenvalue weighted by Crippen LogP contribution is 2.36. The third-order valence-electron chi connectivity index (χ3n) is 16.3. The predicted octanol–water partition coefficient (Wildman–Crippen LogP) is 2.61. The van der Waals surface area contributed by atoms with Crippen molar-refractivity contribution in [3.05, 3.63) is 77.8 Å². The van der Waals surface area contributed by atoms with Crippen molar-refractivity contribution in [2.75, 3.05) is 26.7 Å². The summed E-state index contributed by atoms with van der Waals surface area (Å²) in [6, 6.07) is 2.07. The molecule has 8 N–H and O–H groups in total. The molecule has 23 heteroatoms. The van der Waals surface area contributed by atoms with Gasteiger partial charge in [-0.05, 0) is 94.2 Å². The number of hydrogen-bond acceptors (Lipinski definition) is 13. The molecule has 4 aliphatic rings. The number of carboxylic acids is 1. The van der Waals surface area contributed by atoms with Crippen LogP contribution in [0.3, 0.4) is 0 Å². The topological polar surface area (TPSA) is 330 Å². The van der Waals surface area contributed by atoms with Crippen LogP contribution in [0.1, 0.15) is 138 Å². The lowest BCUT2D eigenvalue weighted by atomic mass is 9.82. The SMILES string of the molecule is COC(=O)/C=C/CC[C@H](NC(=O)c1ccncc1C(=O)O)C(=O)N[C@H](C(=O)N1CC(=O)C[C@H]1C(=O)N[C@H](C(=O)N1CCC[C@@]1(C)C(=O)N[C@@H](Cc1c[nH]c2ccccc12)C(=O)N1CCC[C@@]1(C)C(N)=O)C1CCCCC1)C(C)(C)C. The van der Waals surface area contributed by atoms with Crippen LogP contribution in [-0.2, 0) is 54.3 Å². The van der Waals surface area contributed by atoms with E-state index in [4.69, 9.17) is 5.73 Å². The van der Waals surface area contributed by atoms with Gasteiger partial charge in [0, 0.05) is 61.5 Å². The van der Waals surface area contributed by atoms with E-state index in [0.29, 0.717) is 32.1 Å². The van der Waals surface area contributed by atoms with E-state index in [0.717, 1.165) is 52.9 Å². The molecule has 1 aromatic carbocycles. The lowest BCUT2D eigenvalue weighted by molar-refractivity contribution is -0.151. The number of pyridine rings is 1. The molecule has 8 amide bonds. The molecule has 0 radical (unpaired) electrons. The van der Waals surface area contributed by atoms with E-state index >= 15 is 4.79 Å². The first-order chi connectivity index (χ1) is 37.9. The lowest BCUT2D eigenvalue weighted by Gasteiger charge is -2.41. The molecule has 80 heavy (non-hydrogen) atoms. The number of Topliss-reactive ketones (excluding diaryl/α,β-unsaturated/α-hetero) is 1. The van der Waals surface area contributed by atoms with Crippen molar-refractivity contribution < 1.29 is 62.6 Å². The number of aromatic carboxylic acids is 1. The quantitative estimate of drug-likeness (QED) is 0.0632. The van der Waals surface area contributed by atoms with Gasteiger partial charge in [0.1, 0.15) is 41.3 Å². The number of carboxylic acid groups (broad SMARTS) is 1. The Morgan fingerprint density at radius 2 is 1.52 bits per heavy atom. The lowest BCUT2D eigenvalue weighted by Crippen LogP contribution is -2.65. The van der Waals surface area contributed by atoms with Gasteiger partial charge in [-0.1, -0.05) is 64.3 Å². The molecule has 23 nitrogen and oxygen atoms in total. The van der Waals surface area contributed by atoms with Gasteiger partial charge in [0.15, 0.2) is 5.78 Å². The fourth-order valence-electron chi connectivity index (χ4n) is 11.6. The summed E-state index contributed by atoms with van der Waals surface area (Å²) in [6.07, 6.45) is 11.1. The summed E-state index contributed by atoms with van der Waals surface area (Å²) in [7, 11) is 1.18. The van der Waals surface area contributed by atoms with Crippen molar-refractivity contribution in [3.63, 3.8) is 0 Å². The summed E-state index contributed by atoms with van der Waals surface area (Å²) >= 11 is 0. The van der Waals surface area contributed by atoms with Gasteiger partial charge in [0.2, 0.25) is 41.4 Å². The second-order valence-electron chi connectivity index (χ2n) is 22.9. The third kappa shape index (κ3) is 13.0. The van der Waals surface area contributed by atoms with E-state index in [1.165, 1.54) is 35.2 Å². The number of likely N-dealkylation sites (tertiary alicyclic amines) is 3.